The van der Waals surface area contributed by atoms with E-state index < -0.39 is 5.72 Å². The van der Waals surface area contributed by atoms with Crippen molar-refractivity contribution in [3.63, 3.8) is 0 Å². The lowest BCUT2D eigenvalue weighted by molar-refractivity contribution is -0.138. The highest BCUT2D eigenvalue weighted by atomic mass is 16.5. The highest BCUT2D eigenvalue weighted by Crippen LogP contribution is 2.43. The van der Waals surface area contributed by atoms with Crippen LogP contribution in [-0.4, -0.2) is 24.0 Å². The van der Waals surface area contributed by atoms with Crippen LogP contribution >= 0.6 is 0 Å². The molecule has 0 N–H and O–H groups in total. The number of hydrogen-bond donors (Lipinski definition) is 0. The Hall–Kier alpha value is -1.68. The van der Waals surface area contributed by atoms with Crippen LogP contribution < -0.4 is 4.90 Å². The first-order valence-corrected chi connectivity index (χ1v) is 7.11. The molecule has 0 bridgehead atoms. The van der Waals surface area contributed by atoms with Crippen molar-refractivity contribution in [1.29, 1.82) is 0 Å². The van der Waals surface area contributed by atoms with Gasteiger partial charge in [0, 0.05) is 12.1 Å². The molecule has 4 nitrogen and oxygen atoms in total. The predicted molar refractivity (Wildman–Crippen MR) is 75.4 cm³/mol. The van der Waals surface area contributed by atoms with Gasteiger partial charge in [0.2, 0.25) is 0 Å². The number of anilines is 1. The summed E-state index contributed by atoms with van der Waals surface area (Å²) in [5.74, 6) is -0.150. The maximum Gasteiger partial charge on any atom is 0.255 e. The highest BCUT2D eigenvalue weighted by Gasteiger charge is 2.54. The van der Waals surface area contributed by atoms with Crippen LogP contribution in [0.1, 0.15) is 31.7 Å². The lowest BCUT2D eigenvalue weighted by Gasteiger charge is -2.43. The van der Waals surface area contributed by atoms with E-state index in [1.807, 2.05) is 38.1 Å². The van der Waals surface area contributed by atoms with Crippen molar-refractivity contribution in [2.75, 3.05) is 11.5 Å². The molecule has 2 aliphatic rings. The Morgan fingerprint density at radius 3 is 2.65 bits per heavy atom. The molecule has 1 aliphatic carbocycles. The summed E-state index contributed by atoms with van der Waals surface area (Å²) in [5.41, 5.74) is 1.18. The Labute approximate surface area is 118 Å². The molecule has 1 aliphatic heterocycles. The third-order valence-electron chi connectivity index (χ3n) is 4.48. The average Bonchev–Trinajstić information content (AvgIpc) is 2.75. The molecular weight excluding hydrogens is 254 g/mol. The molecule has 1 spiro atoms. The van der Waals surface area contributed by atoms with Crippen LogP contribution in [0.5, 0.6) is 0 Å². The number of amides is 1. The van der Waals surface area contributed by atoms with E-state index in [0.717, 1.165) is 24.1 Å². The smallest absolute Gasteiger partial charge is 0.255 e. The van der Waals surface area contributed by atoms with Gasteiger partial charge in [0.05, 0.1) is 5.92 Å². The number of aryl methyl sites for hydroxylation is 1. The van der Waals surface area contributed by atoms with E-state index in [0.29, 0.717) is 6.42 Å². The first kappa shape index (κ1) is 13.3. The molecule has 2 unspecified atom stereocenters. The van der Waals surface area contributed by atoms with Gasteiger partial charge < -0.3 is 4.74 Å². The van der Waals surface area contributed by atoms with E-state index in [-0.39, 0.29) is 24.2 Å². The maximum atomic E-state index is 12.3. The first-order valence-electron chi connectivity index (χ1n) is 7.11. The number of rotatable bonds is 1. The van der Waals surface area contributed by atoms with Crippen molar-refractivity contribution < 1.29 is 14.3 Å². The summed E-state index contributed by atoms with van der Waals surface area (Å²) in [5, 5.41) is 0. The molecule has 1 saturated heterocycles. The van der Waals surface area contributed by atoms with Gasteiger partial charge in [0.25, 0.3) is 5.91 Å². The summed E-state index contributed by atoms with van der Waals surface area (Å²) in [4.78, 5) is 26.1. The first-order chi connectivity index (χ1) is 9.54. The number of ketones is 1. The number of nitrogens with zero attached hydrogens (tertiary/aromatic N) is 1. The minimum atomic E-state index is -0.776. The summed E-state index contributed by atoms with van der Waals surface area (Å²) in [7, 11) is 0. The zero-order valence-corrected chi connectivity index (χ0v) is 11.9. The Bertz CT molecular complexity index is 551. The second-order valence-corrected chi connectivity index (χ2v) is 5.74. The van der Waals surface area contributed by atoms with E-state index in [9.17, 15) is 9.59 Å². The summed E-state index contributed by atoms with van der Waals surface area (Å²) in [6.07, 6.45) is 2.08. The van der Waals surface area contributed by atoms with E-state index in [1.54, 1.807) is 4.90 Å². The molecule has 1 saturated carbocycles. The van der Waals surface area contributed by atoms with Crippen molar-refractivity contribution in [2.45, 2.75) is 38.8 Å². The SMILES string of the molecule is Cc1ccc(N2C(=O)COC23CCCC(=O)C3C)cc1. The standard InChI is InChI=1S/C16H19NO3/c1-11-5-7-13(8-6-11)17-15(19)10-20-16(17)9-3-4-14(18)12(16)2/h5-8,12H,3-4,9-10H2,1-2H3. The zero-order valence-electron chi connectivity index (χ0n) is 11.9. The Balaban J connectivity index is 2.04. The number of benzene rings is 1. The van der Waals surface area contributed by atoms with Gasteiger partial charge in [-0.05, 0) is 31.9 Å². The fourth-order valence-electron chi connectivity index (χ4n) is 3.29. The van der Waals surface area contributed by atoms with Gasteiger partial charge in [-0.3, -0.25) is 14.5 Å². The quantitative estimate of drug-likeness (QED) is 0.789. The highest BCUT2D eigenvalue weighted by molar-refractivity contribution is 5.99. The molecule has 2 fully saturated rings. The van der Waals surface area contributed by atoms with Crippen molar-refractivity contribution in [2.24, 2.45) is 5.92 Å². The predicted octanol–water partition coefficient (Wildman–Crippen LogP) is 2.44. The lowest BCUT2D eigenvalue weighted by atomic mass is 9.80. The summed E-state index contributed by atoms with van der Waals surface area (Å²) >= 11 is 0. The zero-order chi connectivity index (χ0) is 14.3. The lowest BCUT2D eigenvalue weighted by Crippen LogP contribution is -2.56. The third-order valence-corrected chi connectivity index (χ3v) is 4.48. The van der Waals surface area contributed by atoms with Gasteiger partial charge >= 0.3 is 0 Å². The Kier molecular flexibility index (Phi) is 3.13. The number of ether oxygens (including phenoxy) is 1. The van der Waals surface area contributed by atoms with Crippen LogP contribution in [-0.2, 0) is 14.3 Å². The largest absolute Gasteiger partial charge is 0.345 e. The molecule has 1 amide bonds. The van der Waals surface area contributed by atoms with Crippen LogP contribution in [0.25, 0.3) is 0 Å². The van der Waals surface area contributed by atoms with Crippen LogP contribution in [0.15, 0.2) is 24.3 Å². The fraction of sp³-hybridized carbons (Fsp3) is 0.500. The van der Waals surface area contributed by atoms with E-state index >= 15 is 0 Å². The van der Waals surface area contributed by atoms with Crippen LogP contribution in [0.3, 0.4) is 0 Å². The van der Waals surface area contributed by atoms with Crippen molar-refractivity contribution >= 4 is 17.4 Å². The summed E-state index contributed by atoms with van der Waals surface area (Å²) in [6.45, 7) is 3.95. The number of Topliss-reactive ketones (excluding diaryl/α,β-unsaturated/α-hetero) is 1. The van der Waals surface area contributed by atoms with Crippen LogP contribution in [0.4, 0.5) is 5.69 Å². The van der Waals surface area contributed by atoms with Crippen molar-refractivity contribution in [3.05, 3.63) is 29.8 Å². The maximum absolute atomic E-state index is 12.3. The van der Waals surface area contributed by atoms with E-state index in [4.69, 9.17) is 4.74 Å². The van der Waals surface area contributed by atoms with Gasteiger partial charge in [0.1, 0.15) is 12.4 Å². The second-order valence-electron chi connectivity index (χ2n) is 5.74. The van der Waals surface area contributed by atoms with Gasteiger partial charge in [-0.1, -0.05) is 24.6 Å². The monoisotopic (exact) mass is 273 g/mol. The minimum absolute atomic E-state index is 0.0598. The molecule has 1 aromatic rings. The van der Waals surface area contributed by atoms with Crippen LogP contribution in [0.2, 0.25) is 0 Å². The van der Waals surface area contributed by atoms with E-state index in [1.165, 1.54) is 0 Å². The van der Waals surface area contributed by atoms with Gasteiger partial charge in [-0.15, -0.1) is 0 Å². The summed E-state index contributed by atoms with van der Waals surface area (Å²) < 4.78 is 5.83. The summed E-state index contributed by atoms with van der Waals surface area (Å²) in [6, 6.07) is 7.80. The number of hydrogen-bond acceptors (Lipinski definition) is 3. The molecule has 106 valence electrons. The van der Waals surface area contributed by atoms with Crippen molar-refractivity contribution in [3.8, 4) is 0 Å². The molecule has 0 radical (unpaired) electrons. The number of carbonyl (C=O) groups is 2. The molecule has 3 rings (SSSR count). The van der Waals surface area contributed by atoms with E-state index in [2.05, 4.69) is 0 Å². The Morgan fingerprint density at radius 1 is 1.25 bits per heavy atom. The molecule has 1 aromatic carbocycles. The van der Waals surface area contributed by atoms with Gasteiger partial charge in [-0.25, -0.2) is 0 Å². The fourth-order valence-corrected chi connectivity index (χ4v) is 3.29. The van der Waals surface area contributed by atoms with Crippen molar-refractivity contribution in [1.82, 2.24) is 0 Å². The third kappa shape index (κ3) is 1.86. The minimum Gasteiger partial charge on any atom is -0.345 e. The topological polar surface area (TPSA) is 46.6 Å². The molecule has 0 aromatic heterocycles. The Morgan fingerprint density at radius 2 is 1.95 bits per heavy atom. The normalized spacial score (nSPS) is 30.3. The second kappa shape index (κ2) is 4.70. The van der Waals surface area contributed by atoms with Gasteiger partial charge in [0.15, 0.2) is 5.72 Å². The molecule has 1 heterocycles. The molecular formula is C16H19NO3. The molecule has 20 heavy (non-hydrogen) atoms. The average molecular weight is 273 g/mol. The molecule has 2 atom stereocenters. The number of carbonyl (C=O) groups excluding carboxylic acids is 2. The molecule has 4 heteroatoms. The van der Waals surface area contributed by atoms with Crippen LogP contribution in [0, 0.1) is 12.8 Å². The van der Waals surface area contributed by atoms with Gasteiger partial charge in [-0.2, -0.15) is 0 Å².